The minimum Gasteiger partial charge on any atom is -0.348 e. The lowest BCUT2D eigenvalue weighted by molar-refractivity contribution is 0.543. The van der Waals surface area contributed by atoms with E-state index in [1.807, 2.05) is 36.0 Å². The van der Waals surface area contributed by atoms with Gasteiger partial charge in [0.05, 0.1) is 16.0 Å². The second kappa shape index (κ2) is 17.6. The second-order valence-electron chi connectivity index (χ2n) is 15.4. The number of allylic oxidation sites excluding steroid dienone is 2. The predicted octanol–water partition coefficient (Wildman–Crippen LogP) is 15.4. The zero-order valence-corrected chi connectivity index (χ0v) is 34.5. The molecule has 0 spiro atoms. The van der Waals surface area contributed by atoms with Crippen LogP contribution in [0.3, 0.4) is 0 Å². The first-order valence-electron chi connectivity index (χ1n) is 19.4. The number of para-hydroxylation sites is 1. The van der Waals surface area contributed by atoms with E-state index in [0.717, 1.165) is 17.9 Å². The quantitative estimate of drug-likeness (QED) is 0.0687. The number of benzene rings is 6. The van der Waals surface area contributed by atoms with Crippen molar-refractivity contribution in [3.8, 4) is 44.5 Å². The molecule has 1 aromatic heterocycles. The van der Waals surface area contributed by atoms with Gasteiger partial charge in [0.25, 0.3) is 0 Å². The highest BCUT2D eigenvalue weighted by molar-refractivity contribution is 8.01. The zero-order chi connectivity index (χ0) is 39.1. The largest absolute Gasteiger partial charge is 0.348 e. The molecule has 0 saturated carbocycles. The number of rotatable bonds is 12. The smallest absolute Gasteiger partial charge is 0.0815 e. The van der Waals surface area contributed by atoms with Gasteiger partial charge in [0, 0.05) is 46.1 Å². The molecule has 0 fully saturated rings. The Labute approximate surface area is 342 Å². The van der Waals surface area contributed by atoms with Crippen LogP contribution in [0, 0.1) is 19.3 Å². The first-order valence-corrected chi connectivity index (χ1v) is 20.6. The molecular weight excluding hydrogens is 720 g/mol. The molecule has 0 amide bonds. The molecule has 0 unspecified atom stereocenters. The fraction of sp³-hybridized carbons (Fsp3) is 0.173. The van der Waals surface area contributed by atoms with Crippen LogP contribution >= 0.6 is 23.4 Å². The number of hydrogen-bond acceptors (Lipinski definition) is 2. The van der Waals surface area contributed by atoms with Crippen LogP contribution in [0.25, 0.3) is 44.5 Å². The summed E-state index contributed by atoms with van der Waals surface area (Å²) in [7, 11) is 0. The van der Waals surface area contributed by atoms with Gasteiger partial charge >= 0.3 is 0 Å². The second-order valence-corrected chi connectivity index (χ2v) is 17.0. The summed E-state index contributed by atoms with van der Waals surface area (Å²) in [5, 5.41) is 0.578. The Kier molecular flexibility index (Phi) is 12.2. The molecule has 0 saturated heterocycles. The number of aryl methyl sites for hydroxylation is 2. The summed E-state index contributed by atoms with van der Waals surface area (Å²) in [5.41, 5.74) is 13.9. The van der Waals surface area contributed by atoms with Gasteiger partial charge in [0.2, 0.25) is 0 Å². The highest BCUT2D eigenvalue weighted by Gasteiger charge is 2.28. The Morgan fingerprint density at radius 2 is 1.07 bits per heavy atom. The van der Waals surface area contributed by atoms with Gasteiger partial charge in [-0.1, -0.05) is 178 Å². The summed E-state index contributed by atoms with van der Waals surface area (Å²) in [5.74, 6) is 0. The van der Waals surface area contributed by atoms with E-state index in [1.54, 1.807) is 0 Å². The number of hydrogen-bond donors (Lipinski definition) is 0. The molecule has 0 aliphatic rings. The summed E-state index contributed by atoms with van der Waals surface area (Å²) in [6, 6.07) is 58.3. The summed E-state index contributed by atoms with van der Waals surface area (Å²) in [4.78, 5) is 6.70. The molecule has 2 nitrogen and oxygen atoms in total. The van der Waals surface area contributed by atoms with Crippen LogP contribution in [0.4, 0.5) is 5.69 Å². The molecular formula is C52H49ClN2S. The minimum absolute atomic E-state index is 0.0291. The van der Waals surface area contributed by atoms with Crippen LogP contribution in [-0.4, -0.2) is 15.5 Å². The van der Waals surface area contributed by atoms with E-state index >= 15 is 0 Å². The van der Waals surface area contributed by atoms with Crippen molar-refractivity contribution in [2.24, 2.45) is 10.4 Å². The molecule has 4 heteroatoms. The Morgan fingerprint density at radius 3 is 1.54 bits per heavy atom. The standard InChI is InChI=1S/C52H49ClN2S/c1-37-32-33-38(2)55(37)36-48(47(31-20-34-52(3,4)5)54-46-30-19-18-29-45(46)53)56-51-49(41-25-14-8-15-26-41)43(39-21-10-6-11-22-39)35-44(40-23-12-7-13-24-40)50(51)42-27-16-9-17-28-42/h6-30,32-35,48H,31,36H2,1-5H3/b34-20+,54-47?/t48-/m0/s1. The molecule has 7 aromatic rings. The maximum atomic E-state index is 6.88. The van der Waals surface area contributed by atoms with E-state index in [4.69, 9.17) is 16.6 Å². The topological polar surface area (TPSA) is 17.3 Å². The van der Waals surface area contributed by atoms with Crippen molar-refractivity contribution >= 4 is 34.8 Å². The molecule has 280 valence electrons. The lowest BCUT2D eigenvalue weighted by Gasteiger charge is -2.28. The van der Waals surface area contributed by atoms with Crippen LogP contribution in [0.15, 0.2) is 186 Å². The van der Waals surface area contributed by atoms with E-state index in [9.17, 15) is 0 Å². The van der Waals surface area contributed by atoms with E-state index in [-0.39, 0.29) is 10.7 Å². The van der Waals surface area contributed by atoms with Gasteiger partial charge in [-0.05, 0) is 83.0 Å². The van der Waals surface area contributed by atoms with Gasteiger partial charge in [-0.2, -0.15) is 0 Å². The third kappa shape index (κ3) is 9.19. The van der Waals surface area contributed by atoms with E-state index in [1.165, 1.54) is 60.8 Å². The molecule has 0 aliphatic heterocycles. The van der Waals surface area contributed by atoms with Crippen LogP contribution in [0.5, 0.6) is 0 Å². The highest BCUT2D eigenvalue weighted by Crippen LogP contribution is 2.51. The van der Waals surface area contributed by atoms with E-state index in [2.05, 4.69) is 191 Å². The lowest BCUT2D eigenvalue weighted by Crippen LogP contribution is -2.24. The average molecular weight is 769 g/mol. The predicted molar refractivity (Wildman–Crippen MR) is 243 cm³/mol. The summed E-state index contributed by atoms with van der Waals surface area (Å²) < 4.78 is 2.44. The molecule has 0 bridgehead atoms. The molecule has 0 aliphatic carbocycles. The molecule has 0 N–H and O–H groups in total. The van der Waals surface area contributed by atoms with Crippen molar-refractivity contribution in [3.05, 3.63) is 192 Å². The van der Waals surface area contributed by atoms with Gasteiger partial charge in [0.15, 0.2) is 0 Å². The number of halogens is 1. The van der Waals surface area contributed by atoms with Crippen LogP contribution < -0.4 is 0 Å². The van der Waals surface area contributed by atoms with Crippen molar-refractivity contribution < 1.29 is 0 Å². The summed E-state index contributed by atoms with van der Waals surface area (Å²) >= 11 is 8.81. The van der Waals surface area contributed by atoms with Gasteiger partial charge in [-0.15, -0.1) is 11.8 Å². The molecule has 7 rings (SSSR count). The Hall–Kier alpha value is -5.35. The highest BCUT2D eigenvalue weighted by atomic mass is 35.5. The normalized spacial score (nSPS) is 12.6. The summed E-state index contributed by atoms with van der Waals surface area (Å²) in [6.07, 6.45) is 5.28. The minimum atomic E-state index is -0.0692. The average Bonchev–Trinajstić information content (AvgIpc) is 3.53. The van der Waals surface area contributed by atoms with Crippen molar-refractivity contribution in [2.75, 3.05) is 0 Å². The third-order valence-corrected chi connectivity index (χ3v) is 11.7. The lowest BCUT2D eigenvalue weighted by atomic mass is 9.85. The number of thioether (sulfide) groups is 1. The summed E-state index contributed by atoms with van der Waals surface area (Å²) in [6.45, 7) is 11.9. The molecule has 56 heavy (non-hydrogen) atoms. The monoisotopic (exact) mass is 768 g/mol. The van der Waals surface area contributed by atoms with Crippen molar-refractivity contribution in [3.63, 3.8) is 0 Å². The Bertz CT molecular complexity index is 2320. The first kappa shape index (κ1) is 38.9. The van der Waals surface area contributed by atoms with Gasteiger partial charge in [-0.25, -0.2) is 0 Å². The van der Waals surface area contributed by atoms with Gasteiger partial charge in [-0.3, -0.25) is 4.99 Å². The fourth-order valence-corrected chi connectivity index (χ4v) is 8.90. The molecule has 6 aromatic carbocycles. The van der Waals surface area contributed by atoms with Crippen molar-refractivity contribution in [1.82, 2.24) is 4.57 Å². The number of nitrogens with zero attached hydrogens (tertiary/aromatic N) is 2. The molecule has 1 heterocycles. The fourth-order valence-electron chi connectivity index (χ4n) is 7.24. The zero-order valence-electron chi connectivity index (χ0n) is 32.9. The maximum Gasteiger partial charge on any atom is 0.0815 e. The maximum absolute atomic E-state index is 6.88. The van der Waals surface area contributed by atoms with E-state index < -0.39 is 0 Å². The van der Waals surface area contributed by atoms with E-state index in [0.29, 0.717) is 11.4 Å². The SMILES string of the molecule is Cc1ccc(C)n1C[C@H](Sc1c(-c2ccccc2)c(-c2ccccc2)cc(-c2ccccc2)c1-c1ccccc1)C(C/C=C/C(C)(C)C)=Nc1ccccc1Cl. The van der Waals surface area contributed by atoms with Crippen molar-refractivity contribution in [1.29, 1.82) is 0 Å². The Morgan fingerprint density at radius 1 is 0.625 bits per heavy atom. The molecule has 0 radical (unpaired) electrons. The van der Waals surface area contributed by atoms with Crippen molar-refractivity contribution in [2.45, 2.75) is 57.7 Å². The van der Waals surface area contributed by atoms with Crippen LogP contribution in [0.1, 0.15) is 38.6 Å². The third-order valence-electron chi connectivity index (χ3n) is 10.0. The van der Waals surface area contributed by atoms with Gasteiger partial charge in [0.1, 0.15) is 0 Å². The van der Waals surface area contributed by atoms with Crippen LogP contribution in [-0.2, 0) is 6.54 Å². The molecule has 1 atom stereocenters. The first-order chi connectivity index (χ1) is 27.2. The number of aliphatic imine (C=N–C) groups is 1. The van der Waals surface area contributed by atoms with Gasteiger partial charge < -0.3 is 4.57 Å². The number of aromatic nitrogens is 1. The van der Waals surface area contributed by atoms with Crippen LogP contribution in [0.2, 0.25) is 5.02 Å². The Balaban J connectivity index is 1.58.